The van der Waals surface area contributed by atoms with E-state index in [2.05, 4.69) is 21.3 Å². The van der Waals surface area contributed by atoms with E-state index in [0.717, 1.165) is 5.56 Å². The number of para-hydroxylation sites is 1. The van der Waals surface area contributed by atoms with Crippen molar-refractivity contribution < 1.29 is 29.4 Å². The maximum Gasteiger partial charge on any atom is 0.255 e. The fourth-order valence-corrected chi connectivity index (χ4v) is 4.62. The number of nitrogens with one attached hydrogen (secondary N) is 4. The van der Waals surface area contributed by atoms with Crippen LogP contribution in [0.25, 0.3) is 0 Å². The van der Waals surface area contributed by atoms with Gasteiger partial charge >= 0.3 is 0 Å². The van der Waals surface area contributed by atoms with Crippen molar-refractivity contribution in [3.8, 4) is 5.75 Å². The van der Waals surface area contributed by atoms with Crippen LogP contribution in [0.1, 0.15) is 50.0 Å². The summed E-state index contributed by atoms with van der Waals surface area (Å²) in [5.74, 6) is -3.52. The molecule has 0 bridgehead atoms. The second kappa shape index (κ2) is 13.2. The molecule has 4 amide bonds. The first kappa shape index (κ1) is 29.6. The third kappa shape index (κ3) is 7.79. The summed E-state index contributed by atoms with van der Waals surface area (Å²) in [5, 5.41) is 32.3. The van der Waals surface area contributed by atoms with Crippen molar-refractivity contribution in [1.29, 1.82) is 0 Å². The van der Waals surface area contributed by atoms with Gasteiger partial charge in [-0.05, 0) is 43.4 Å². The van der Waals surface area contributed by atoms with Crippen LogP contribution >= 0.6 is 0 Å². The number of carbonyl (C=O) groups excluding carboxylic acids is 4. The van der Waals surface area contributed by atoms with E-state index in [1.165, 1.54) is 12.1 Å². The molecule has 1 fully saturated rings. The van der Waals surface area contributed by atoms with Gasteiger partial charge in [-0.15, -0.1) is 0 Å². The fraction of sp³-hybridized carbons (Fsp3) is 0.448. The van der Waals surface area contributed by atoms with E-state index in [4.69, 9.17) is 0 Å². The Morgan fingerprint density at radius 1 is 0.897 bits per heavy atom. The van der Waals surface area contributed by atoms with Crippen LogP contribution in [-0.4, -0.2) is 64.1 Å². The molecule has 39 heavy (non-hydrogen) atoms. The molecule has 1 heterocycles. The first-order chi connectivity index (χ1) is 18.5. The molecule has 1 aliphatic rings. The van der Waals surface area contributed by atoms with Gasteiger partial charge in [-0.25, -0.2) is 0 Å². The van der Waals surface area contributed by atoms with Crippen LogP contribution in [0.4, 0.5) is 0 Å². The molecule has 0 aromatic heterocycles. The van der Waals surface area contributed by atoms with Crippen molar-refractivity contribution in [2.75, 3.05) is 0 Å². The third-order valence-electron chi connectivity index (χ3n) is 6.89. The lowest BCUT2D eigenvalue weighted by atomic mass is 9.90. The number of hydrogen-bond donors (Lipinski definition) is 6. The predicted octanol–water partition coefficient (Wildman–Crippen LogP) is 1.26. The van der Waals surface area contributed by atoms with Gasteiger partial charge in [0.1, 0.15) is 17.8 Å². The van der Waals surface area contributed by atoms with Crippen LogP contribution in [0, 0.1) is 11.8 Å². The van der Waals surface area contributed by atoms with Crippen molar-refractivity contribution in [1.82, 2.24) is 21.3 Å². The topological polar surface area (TPSA) is 157 Å². The highest BCUT2D eigenvalue weighted by Crippen LogP contribution is 2.18. The van der Waals surface area contributed by atoms with Gasteiger partial charge in [0.2, 0.25) is 17.7 Å². The van der Waals surface area contributed by atoms with Crippen molar-refractivity contribution in [2.24, 2.45) is 11.8 Å². The zero-order valence-electron chi connectivity index (χ0n) is 22.7. The van der Waals surface area contributed by atoms with E-state index in [1.54, 1.807) is 26.0 Å². The minimum atomic E-state index is -1.29. The van der Waals surface area contributed by atoms with Crippen LogP contribution in [0.15, 0.2) is 54.6 Å². The summed E-state index contributed by atoms with van der Waals surface area (Å²) in [6.45, 7) is 6.94. The van der Waals surface area contributed by atoms with E-state index < -0.39 is 59.8 Å². The number of phenols is 1. The first-order valence-corrected chi connectivity index (χ1v) is 13.2. The van der Waals surface area contributed by atoms with Crippen LogP contribution < -0.4 is 21.3 Å². The maximum atomic E-state index is 13.6. The summed E-state index contributed by atoms with van der Waals surface area (Å²) in [4.78, 5) is 53.0. The van der Waals surface area contributed by atoms with Gasteiger partial charge in [0.15, 0.2) is 0 Å². The van der Waals surface area contributed by atoms with E-state index in [0.29, 0.717) is 6.42 Å². The van der Waals surface area contributed by atoms with Crippen LogP contribution in [0.3, 0.4) is 0 Å². The molecule has 2 aromatic carbocycles. The van der Waals surface area contributed by atoms with Gasteiger partial charge in [0.25, 0.3) is 5.91 Å². The molecule has 0 aliphatic carbocycles. The molecule has 10 nitrogen and oxygen atoms in total. The van der Waals surface area contributed by atoms with Crippen molar-refractivity contribution >= 4 is 23.6 Å². The average Bonchev–Trinajstić information content (AvgIpc) is 2.89. The largest absolute Gasteiger partial charge is 0.507 e. The molecule has 2 aromatic rings. The number of aromatic hydroxyl groups is 1. The Morgan fingerprint density at radius 3 is 2.18 bits per heavy atom. The molecule has 1 unspecified atom stereocenters. The lowest BCUT2D eigenvalue weighted by Gasteiger charge is -2.34. The lowest BCUT2D eigenvalue weighted by molar-refractivity contribution is -0.136. The highest BCUT2D eigenvalue weighted by atomic mass is 16.3. The fourth-order valence-electron chi connectivity index (χ4n) is 4.62. The van der Waals surface area contributed by atoms with Crippen LogP contribution in [0.5, 0.6) is 5.75 Å². The number of amides is 4. The second-order valence-corrected chi connectivity index (χ2v) is 10.5. The normalized spacial score (nSPS) is 26.5. The Kier molecular flexibility index (Phi) is 10.1. The number of aliphatic hydroxyl groups excluding tert-OH is 1. The molecular weight excluding hydrogens is 500 g/mol. The van der Waals surface area contributed by atoms with Crippen molar-refractivity contribution in [3.05, 3.63) is 65.7 Å². The SMILES string of the molecule is CC(C)CC1NC(=O)[C@H](C)[C@H](O)[C@H](Cc2ccccc2)NC(=O)[C@@H](NC(=O)c2ccccc2O)[C@@H](C)NC1=O. The van der Waals surface area contributed by atoms with E-state index in [1.807, 2.05) is 44.2 Å². The Hall–Kier alpha value is -3.92. The summed E-state index contributed by atoms with van der Waals surface area (Å²) in [7, 11) is 0. The maximum absolute atomic E-state index is 13.6. The number of rotatable bonds is 6. The summed E-state index contributed by atoms with van der Waals surface area (Å²) in [6, 6.07) is 11.2. The van der Waals surface area contributed by atoms with Crippen molar-refractivity contribution in [3.63, 3.8) is 0 Å². The highest BCUT2D eigenvalue weighted by molar-refractivity contribution is 6.00. The standard InChI is InChI=1S/C29H38N4O6/c1-16(2)14-22-28(38)30-18(4)24(33-27(37)20-12-8-9-13-23(20)34)29(39)31-21(15-19-10-6-5-7-11-19)25(35)17(3)26(36)32-22/h5-13,16-18,21-22,24-25,34-35H,14-15H2,1-4H3,(H,30,38)(H,31,39)(H,32,36)(H,33,37)/t17-,18-,21+,22?,24+,25+/m1/s1. The second-order valence-electron chi connectivity index (χ2n) is 10.5. The lowest BCUT2D eigenvalue weighted by Crippen LogP contribution is -2.64. The van der Waals surface area contributed by atoms with Crippen LogP contribution in [-0.2, 0) is 20.8 Å². The molecular formula is C29H38N4O6. The minimum Gasteiger partial charge on any atom is -0.507 e. The highest BCUT2D eigenvalue weighted by Gasteiger charge is 2.38. The Bertz CT molecular complexity index is 1170. The Morgan fingerprint density at radius 2 is 1.54 bits per heavy atom. The zero-order valence-corrected chi connectivity index (χ0v) is 22.7. The molecule has 0 saturated carbocycles. The van der Waals surface area contributed by atoms with Gasteiger partial charge in [-0.2, -0.15) is 0 Å². The smallest absolute Gasteiger partial charge is 0.255 e. The summed E-state index contributed by atoms with van der Waals surface area (Å²) >= 11 is 0. The average molecular weight is 539 g/mol. The number of benzene rings is 2. The minimum absolute atomic E-state index is 0.0330. The molecule has 0 spiro atoms. The van der Waals surface area contributed by atoms with Gasteiger partial charge < -0.3 is 31.5 Å². The Labute approximate surface area is 228 Å². The summed E-state index contributed by atoms with van der Waals surface area (Å²) in [6.07, 6.45) is -0.732. The first-order valence-electron chi connectivity index (χ1n) is 13.2. The van der Waals surface area contributed by atoms with E-state index in [-0.39, 0.29) is 23.7 Å². The van der Waals surface area contributed by atoms with E-state index >= 15 is 0 Å². The number of phenolic OH excluding ortho intramolecular Hbond substituents is 1. The van der Waals surface area contributed by atoms with Crippen LogP contribution in [0.2, 0.25) is 0 Å². The van der Waals surface area contributed by atoms with Gasteiger partial charge in [0, 0.05) is 0 Å². The molecule has 3 rings (SSSR count). The number of aliphatic hydroxyl groups is 1. The Balaban J connectivity index is 1.99. The zero-order chi connectivity index (χ0) is 28.7. The van der Waals surface area contributed by atoms with Crippen molar-refractivity contribution in [2.45, 2.75) is 70.8 Å². The molecule has 0 radical (unpaired) electrons. The molecule has 1 saturated heterocycles. The van der Waals surface area contributed by atoms with E-state index in [9.17, 15) is 29.4 Å². The molecule has 10 heteroatoms. The van der Waals surface area contributed by atoms with Gasteiger partial charge in [-0.1, -0.05) is 63.2 Å². The number of hydrogen-bond acceptors (Lipinski definition) is 6. The third-order valence-corrected chi connectivity index (χ3v) is 6.89. The monoisotopic (exact) mass is 538 g/mol. The molecule has 6 N–H and O–H groups in total. The number of carbonyl (C=O) groups is 4. The molecule has 210 valence electrons. The quantitative estimate of drug-likeness (QED) is 0.325. The molecule has 1 aliphatic heterocycles. The summed E-state index contributed by atoms with van der Waals surface area (Å²) in [5.41, 5.74) is 0.796. The predicted molar refractivity (Wildman–Crippen MR) is 146 cm³/mol. The van der Waals surface area contributed by atoms with Gasteiger partial charge in [0.05, 0.1) is 29.7 Å². The molecule has 6 atom stereocenters. The van der Waals surface area contributed by atoms with Gasteiger partial charge in [-0.3, -0.25) is 19.2 Å². The summed E-state index contributed by atoms with van der Waals surface area (Å²) < 4.78 is 0.